The summed E-state index contributed by atoms with van der Waals surface area (Å²) in [7, 11) is 0. The topological polar surface area (TPSA) is 49.9 Å². The van der Waals surface area contributed by atoms with E-state index in [0.717, 1.165) is 16.7 Å². The molecular formula is C25H28N2O3. The Bertz CT molecular complexity index is 1020. The van der Waals surface area contributed by atoms with Crippen LogP contribution in [-0.2, 0) is 14.3 Å². The Hall–Kier alpha value is -2.92. The van der Waals surface area contributed by atoms with E-state index in [-0.39, 0.29) is 11.8 Å². The van der Waals surface area contributed by atoms with Crippen LogP contribution in [0.25, 0.3) is 5.57 Å². The van der Waals surface area contributed by atoms with Gasteiger partial charge in [0.2, 0.25) is 0 Å². The largest absolute Gasteiger partial charge is 0.378 e. The first-order valence-corrected chi connectivity index (χ1v) is 10.5. The molecule has 0 saturated carbocycles. The molecule has 2 aromatic rings. The molecule has 0 unspecified atom stereocenters. The normalized spacial score (nSPS) is 17.5. The molecule has 30 heavy (non-hydrogen) atoms. The molecule has 5 heteroatoms. The van der Waals surface area contributed by atoms with Gasteiger partial charge in [0, 0.05) is 13.1 Å². The van der Waals surface area contributed by atoms with Crippen molar-refractivity contribution in [2.45, 2.75) is 33.6 Å². The summed E-state index contributed by atoms with van der Waals surface area (Å²) in [6, 6.07) is 13.7. The Morgan fingerprint density at radius 2 is 1.57 bits per heavy atom. The molecule has 2 aliphatic heterocycles. The highest BCUT2D eigenvalue weighted by Gasteiger charge is 2.43. The fourth-order valence-corrected chi connectivity index (χ4v) is 4.18. The second-order valence-corrected chi connectivity index (χ2v) is 8.33. The lowest BCUT2D eigenvalue weighted by Crippen LogP contribution is -2.40. The first-order valence-electron chi connectivity index (χ1n) is 10.5. The van der Waals surface area contributed by atoms with Crippen LogP contribution in [0, 0.1) is 13.8 Å². The molecule has 0 radical (unpaired) electrons. The summed E-state index contributed by atoms with van der Waals surface area (Å²) >= 11 is 0. The van der Waals surface area contributed by atoms with Crippen molar-refractivity contribution in [1.82, 2.24) is 4.90 Å². The number of imide groups is 1. The van der Waals surface area contributed by atoms with Gasteiger partial charge in [-0.05, 0) is 48.6 Å². The summed E-state index contributed by atoms with van der Waals surface area (Å²) in [6.07, 6.45) is 0. The predicted molar refractivity (Wildman–Crippen MR) is 118 cm³/mol. The second kappa shape index (κ2) is 8.07. The Morgan fingerprint density at radius 3 is 2.17 bits per heavy atom. The Balaban J connectivity index is 1.81. The van der Waals surface area contributed by atoms with Crippen LogP contribution >= 0.6 is 0 Å². The summed E-state index contributed by atoms with van der Waals surface area (Å²) in [4.78, 5) is 30.5. The lowest BCUT2D eigenvalue weighted by Gasteiger charge is -2.29. The molecule has 2 aromatic carbocycles. The Kier molecular flexibility index (Phi) is 5.48. The maximum atomic E-state index is 13.6. The minimum atomic E-state index is -0.259. The third kappa shape index (κ3) is 3.54. The number of hydrogen-bond donors (Lipinski definition) is 0. The van der Waals surface area contributed by atoms with Gasteiger partial charge >= 0.3 is 0 Å². The third-order valence-electron chi connectivity index (χ3n) is 5.86. The Morgan fingerprint density at radius 1 is 0.900 bits per heavy atom. The fourth-order valence-electron chi connectivity index (χ4n) is 4.18. The van der Waals surface area contributed by atoms with Gasteiger partial charge in [0.1, 0.15) is 5.70 Å². The molecule has 0 aromatic heterocycles. The van der Waals surface area contributed by atoms with Crippen LogP contribution in [0.3, 0.4) is 0 Å². The minimum absolute atomic E-state index is 0.255. The minimum Gasteiger partial charge on any atom is -0.378 e. The van der Waals surface area contributed by atoms with Crippen molar-refractivity contribution in [2.75, 3.05) is 31.2 Å². The maximum absolute atomic E-state index is 13.6. The van der Waals surface area contributed by atoms with Crippen molar-refractivity contribution >= 4 is 23.1 Å². The van der Waals surface area contributed by atoms with Crippen molar-refractivity contribution in [3.63, 3.8) is 0 Å². The molecule has 156 valence electrons. The smallest absolute Gasteiger partial charge is 0.282 e. The van der Waals surface area contributed by atoms with Crippen LogP contribution in [0.5, 0.6) is 0 Å². The van der Waals surface area contributed by atoms with Crippen molar-refractivity contribution < 1.29 is 14.3 Å². The number of aryl methyl sites for hydroxylation is 2. The van der Waals surface area contributed by atoms with Crippen molar-refractivity contribution in [3.8, 4) is 0 Å². The number of benzene rings is 2. The van der Waals surface area contributed by atoms with E-state index >= 15 is 0 Å². The molecule has 0 atom stereocenters. The quantitative estimate of drug-likeness (QED) is 0.722. The molecule has 2 amide bonds. The average molecular weight is 405 g/mol. The average Bonchev–Trinajstić information content (AvgIpc) is 2.99. The van der Waals surface area contributed by atoms with Gasteiger partial charge in [-0.15, -0.1) is 0 Å². The van der Waals surface area contributed by atoms with E-state index in [2.05, 4.69) is 19.9 Å². The SMILES string of the molecule is Cc1ccc(C2=C(N3CCOCC3)C(=O)N(c3ccc(C(C)C)cc3)C2=O)c(C)c1. The third-order valence-corrected chi connectivity index (χ3v) is 5.86. The van der Waals surface area contributed by atoms with E-state index in [0.29, 0.717) is 49.2 Å². The van der Waals surface area contributed by atoms with Crippen LogP contribution in [0.2, 0.25) is 0 Å². The van der Waals surface area contributed by atoms with Crippen LogP contribution in [0.15, 0.2) is 48.2 Å². The summed E-state index contributed by atoms with van der Waals surface area (Å²) in [6.45, 7) is 10.6. The summed E-state index contributed by atoms with van der Waals surface area (Å²) in [5.74, 6) is -0.128. The fraction of sp³-hybridized carbons (Fsp3) is 0.360. The van der Waals surface area contributed by atoms with E-state index in [1.807, 2.05) is 55.1 Å². The van der Waals surface area contributed by atoms with Crippen LogP contribution in [-0.4, -0.2) is 43.0 Å². The molecule has 2 heterocycles. The van der Waals surface area contributed by atoms with E-state index in [1.54, 1.807) is 0 Å². The zero-order valence-electron chi connectivity index (χ0n) is 18.1. The maximum Gasteiger partial charge on any atom is 0.282 e. The van der Waals surface area contributed by atoms with Crippen molar-refractivity contribution in [1.29, 1.82) is 0 Å². The highest BCUT2D eigenvalue weighted by atomic mass is 16.5. The first kappa shape index (κ1) is 20.4. The van der Waals surface area contributed by atoms with Crippen LogP contribution in [0.4, 0.5) is 5.69 Å². The van der Waals surface area contributed by atoms with E-state index < -0.39 is 0 Å². The number of morpholine rings is 1. The number of carbonyl (C=O) groups excluding carboxylic acids is 2. The number of anilines is 1. The molecule has 0 N–H and O–H groups in total. The molecule has 1 fully saturated rings. The van der Waals surface area contributed by atoms with Crippen LogP contribution < -0.4 is 4.90 Å². The number of nitrogens with zero attached hydrogens (tertiary/aromatic N) is 2. The molecule has 0 aliphatic carbocycles. The summed E-state index contributed by atoms with van der Waals surface area (Å²) < 4.78 is 5.47. The zero-order valence-corrected chi connectivity index (χ0v) is 18.1. The van der Waals surface area contributed by atoms with Gasteiger partial charge in [-0.2, -0.15) is 0 Å². The van der Waals surface area contributed by atoms with Gasteiger partial charge in [-0.25, -0.2) is 4.90 Å². The van der Waals surface area contributed by atoms with Gasteiger partial charge in [0.15, 0.2) is 0 Å². The number of carbonyl (C=O) groups is 2. The van der Waals surface area contributed by atoms with Gasteiger partial charge in [0.25, 0.3) is 11.8 Å². The van der Waals surface area contributed by atoms with Crippen molar-refractivity contribution in [3.05, 3.63) is 70.4 Å². The lowest BCUT2D eigenvalue weighted by molar-refractivity contribution is -0.121. The summed E-state index contributed by atoms with van der Waals surface area (Å²) in [5, 5.41) is 0. The first-order chi connectivity index (χ1) is 14.4. The molecule has 0 bridgehead atoms. The number of rotatable bonds is 4. The van der Waals surface area contributed by atoms with Crippen LogP contribution in [0.1, 0.15) is 42.0 Å². The van der Waals surface area contributed by atoms with E-state index in [9.17, 15) is 9.59 Å². The van der Waals surface area contributed by atoms with E-state index in [1.165, 1.54) is 10.5 Å². The standard InChI is InChI=1S/C25H28N2O3/c1-16(2)19-6-8-20(9-7-19)27-24(28)22(21-10-5-17(3)15-18(21)4)23(25(27)29)26-11-13-30-14-12-26/h5-10,15-16H,11-14H2,1-4H3. The van der Waals surface area contributed by atoms with Gasteiger partial charge in [-0.1, -0.05) is 49.7 Å². The molecule has 4 rings (SSSR count). The number of amides is 2. The highest BCUT2D eigenvalue weighted by Crippen LogP contribution is 2.36. The number of hydrogen-bond acceptors (Lipinski definition) is 4. The van der Waals surface area contributed by atoms with Gasteiger partial charge in [-0.3, -0.25) is 9.59 Å². The zero-order chi connectivity index (χ0) is 21.4. The highest BCUT2D eigenvalue weighted by molar-refractivity contribution is 6.45. The monoisotopic (exact) mass is 404 g/mol. The van der Waals surface area contributed by atoms with Gasteiger partial charge < -0.3 is 9.64 Å². The molecule has 1 saturated heterocycles. The van der Waals surface area contributed by atoms with E-state index in [4.69, 9.17) is 4.74 Å². The van der Waals surface area contributed by atoms with Crippen molar-refractivity contribution in [2.24, 2.45) is 0 Å². The number of ether oxygens (including phenoxy) is 1. The van der Waals surface area contributed by atoms with Gasteiger partial charge in [0.05, 0.1) is 24.5 Å². The second-order valence-electron chi connectivity index (χ2n) is 8.33. The molecule has 0 spiro atoms. The molecule has 2 aliphatic rings. The molecule has 5 nitrogen and oxygen atoms in total. The lowest BCUT2D eigenvalue weighted by atomic mass is 9.97. The summed E-state index contributed by atoms with van der Waals surface area (Å²) in [5.41, 5.74) is 5.71. The predicted octanol–water partition coefficient (Wildman–Crippen LogP) is 4.04. The Labute approximate surface area is 177 Å². The molecular weight excluding hydrogens is 376 g/mol.